The summed E-state index contributed by atoms with van der Waals surface area (Å²) >= 11 is 0. The summed E-state index contributed by atoms with van der Waals surface area (Å²) in [5.74, 6) is 0.275. The predicted molar refractivity (Wildman–Crippen MR) is 113 cm³/mol. The summed E-state index contributed by atoms with van der Waals surface area (Å²) < 4.78 is 0. The summed E-state index contributed by atoms with van der Waals surface area (Å²) in [5.41, 5.74) is 13.9. The Labute approximate surface area is 158 Å². The number of rotatable bonds is 3. The van der Waals surface area contributed by atoms with Crippen molar-refractivity contribution in [2.45, 2.75) is 54.4 Å². The Hall–Kier alpha value is -2.34. The van der Waals surface area contributed by atoms with Gasteiger partial charge in [0, 0.05) is 5.92 Å². The van der Waals surface area contributed by atoms with E-state index >= 15 is 0 Å². The second kappa shape index (κ2) is 7.11. The lowest BCUT2D eigenvalue weighted by molar-refractivity contribution is 0.910. The van der Waals surface area contributed by atoms with Crippen LogP contribution in [0.5, 0.6) is 0 Å². The smallest absolute Gasteiger partial charge is 0.0353 e. The van der Waals surface area contributed by atoms with Crippen LogP contribution in [-0.4, -0.2) is 0 Å². The fraction of sp³-hybridized carbons (Fsp3) is 0.308. The zero-order valence-corrected chi connectivity index (χ0v) is 17.2. The van der Waals surface area contributed by atoms with Crippen molar-refractivity contribution >= 4 is 0 Å². The molecule has 0 spiro atoms. The van der Waals surface area contributed by atoms with E-state index in [0.29, 0.717) is 0 Å². The molecule has 0 unspecified atom stereocenters. The van der Waals surface area contributed by atoms with E-state index < -0.39 is 0 Å². The molecule has 0 bridgehead atoms. The van der Waals surface area contributed by atoms with Crippen molar-refractivity contribution in [2.75, 3.05) is 0 Å². The van der Waals surface area contributed by atoms with Gasteiger partial charge in [0.05, 0.1) is 0 Å². The second-order valence-corrected chi connectivity index (χ2v) is 7.91. The maximum Gasteiger partial charge on any atom is 0.0353 e. The van der Waals surface area contributed by atoms with Crippen LogP contribution in [0.1, 0.15) is 61.6 Å². The first-order valence-corrected chi connectivity index (χ1v) is 9.50. The highest BCUT2D eigenvalue weighted by Crippen LogP contribution is 2.40. The Balaban J connectivity index is 2.39. The average Bonchev–Trinajstić information content (AvgIpc) is 2.52. The molecule has 0 aromatic heterocycles. The number of benzene rings is 3. The highest BCUT2D eigenvalue weighted by atomic mass is 14.3. The van der Waals surface area contributed by atoms with E-state index in [1.54, 1.807) is 0 Å². The minimum atomic E-state index is 0.275. The topological polar surface area (TPSA) is 0 Å². The van der Waals surface area contributed by atoms with Gasteiger partial charge in [-0.15, -0.1) is 0 Å². The summed E-state index contributed by atoms with van der Waals surface area (Å²) in [6, 6.07) is 18.2. The summed E-state index contributed by atoms with van der Waals surface area (Å²) in [7, 11) is 0. The van der Waals surface area contributed by atoms with Crippen LogP contribution in [0.15, 0.2) is 48.5 Å². The van der Waals surface area contributed by atoms with Gasteiger partial charge in [-0.2, -0.15) is 0 Å². The monoisotopic (exact) mass is 342 g/mol. The summed E-state index contributed by atoms with van der Waals surface area (Å²) in [6.07, 6.45) is 0. The molecule has 3 aromatic rings. The van der Waals surface area contributed by atoms with Gasteiger partial charge in [-0.05, 0) is 93.0 Å². The molecule has 3 aromatic carbocycles. The van der Waals surface area contributed by atoms with Crippen LogP contribution < -0.4 is 0 Å². The molecule has 0 atom stereocenters. The molecule has 0 radical (unpaired) electrons. The summed E-state index contributed by atoms with van der Waals surface area (Å²) in [4.78, 5) is 0. The Kier molecular flexibility index (Phi) is 5.05. The van der Waals surface area contributed by atoms with Crippen molar-refractivity contribution in [3.05, 3.63) is 104 Å². The first-order valence-electron chi connectivity index (χ1n) is 9.50. The van der Waals surface area contributed by atoms with Gasteiger partial charge in [0.15, 0.2) is 0 Å². The Morgan fingerprint density at radius 3 is 1.27 bits per heavy atom. The lowest BCUT2D eigenvalue weighted by atomic mass is 9.76. The Morgan fingerprint density at radius 1 is 0.500 bits per heavy atom. The Bertz CT molecular complexity index is 856. The lowest BCUT2D eigenvalue weighted by Gasteiger charge is -2.28. The molecule has 0 heterocycles. The first kappa shape index (κ1) is 18.5. The van der Waals surface area contributed by atoms with Crippen molar-refractivity contribution in [2.24, 2.45) is 0 Å². The zero-order chi connectivity index (χ0) is 19.0. The number of hydrogen-bond acceptors (Lipinski definition) is 0. The fourth-order valence-electron chi connectivity index (χ4n) is 4.66. The van der Waals surface area contributed by atoms with Crippen LogP contribution in [-0.2, 0) is 0 Å². The van der Waals surface area contributed by atoms with E-state index in [2.05, 4.69) is 97.0 Å². The van der Waals surface area contributed by atoms with Crippen molar-refractivity contribution < 1.29 is 0 Å². The van der Waals surface area contributed by atoms with Crippen LogP contribution in [0.25, 0.3) is 0 Å². The quantitative estimate of drug-likeness (QED) is 0.448. The molecule has 134 valence electrons. The van der Waals surface area contributed by atoms with Gasteiger partial charge in [0.2, 0.25) is 0 Å². The Morgan fingerprint density at radius 2 is 0.885 bits per heavy atom. The van der Waals surface area contributed by atoms with E-state index in [-0.39, 0.29) is 5.92 Å². The van der Waals surface area contributed by atoms with Gasteiger partial charge < -0.3 is 0 Å². The van der Waals surface area contributed by atoms with Crippen molar-refractivity contribution in [1.82, 2.24) is 0 Å². The maximum atomic E-state index is 2.33. The van der Waals surface area contributed by atoms with Crippen LogP contribution >= 0.6 is 0 Å². The zero-order valence-electron chi connectivity index (χ0n) is 17.2. The molecule has 3 rings (SSSR count). The SMILES string of the molecule is Cc1cc(C)c(C(c2ccccc2C)c2c(C)cc(C)cc2C)c(C)c1. The second-order valence-electron chi connectivity index (χ2n) is 7.91. The molecule has 0 fully saturated rings. The predicted octanol–water partition coefficient (Wildman–Crippen LogP) is 7.03. The minimum absolute atomic E-state index is 0.275. The van der Waals surface area contributed by atoms with Gasteiger partial charge in [0.1, 0.15) is 0 Å². The maximum absolute atomic E-state index is 2.33. The third-order valence-electron chi connectivity index (χ3n) is 5.55. The van der Waals surface area contributed by atoms with E-state index in [4.69, 9.17) is 0 Å². The molecule has 0 nitrogen and oxygen atoms in total. The van der Waals surface area contributed by atoms with Gasteiger partial charge >= 0.3 is 0 Å². The molecule has 0 aliphatic rings. The lowest BCUT2D eigenvalue weighted by Crippen LogP contribution is -2.12. The van der Waals surface area contributed by atoms with E-state index in [1.807, 2.05) is 0 Å². The standard InChI is InChI=1S/C26H30/c1-16-12-19(4)24(20(5)13-16)26(23-11-9-8-10-18(23)3)25-21(6)14-17(2)15-22(25)7/h8-15,26H,1-7H3. The number of hydrogen-bond donors (Lipinski definition) is 0. The van der Waals surface area contributed by atoms with Crippen molar-refractivity contribution in [1.29, 1.82) is 0 Å². The van der Waals surface area contributed by atoms with Crippen molar-refractivity contribution in [3.63, 3.8) is 0 Å². The van der Waals surface area contributed by atoms with Crippen LogP contribution in [0, 0.1) is 48.5 Å². The molecule has 26 heavy (non-hydrogen) atoms. The first-order chi connectivity index (χ1) is 12.3. The highest BCUT2D eigenvalue weighted by Gasteiger charge is 2.25. The molecular weight excluding hydrogens is 312 g/mol. The molecule has 0 saturated carbocycles. The third-order valence-corrected chi connectivity index (χ3v) is 5.55. The van der Waals surface area contributed by atoms with Gasteiger partial charge in [0.25, 0.3) is 0 Å². The minimum Gasteiger partial charge on any atom is -0.0620 e. The van der Waals surface area contributed by atoms with E-state index in [0.717, 1.165) is 0 Å². The third kappa shape index (κ3) is 3.33. The van der Waals surface area contributed by atoms with Crippen LogP contribution in [0.4, 0.5) is 0 Å². The van der Waals surface area contributed by atoms with Gasteiger partial charge in [-0.25, -0.2) is 0 Å². The van der Waals surface area contributed by atoms with E-state index in [9.17, 15) is 0 Å². The normalized spacial score (nSPS) is 11.2. The van der Waals surface area contributed by atoms with E-state index in [1.165, 1.54) is 55.6 Å². The number of aryl methyl sites for hydroxylation is 7. The molecule has 0 amide bonds. The molecule has 0 heteroatoms. The van der Waals surface area contributed by atoms with Gasteiger partial charge in [-0.1, -0.05) is 59.7 Å². The van der Waals surface area contributed by atoms with Crippen LogP contribution in [0.3, 0.4) is 0 Å². The van der Waals surface area contributed by atoms with Crippen molar-refractivity contribution in [3.8, 4) is 0 Å². The largest absolute Gasteiger partial charge is 0.0620 e. The fourth-order valence-corrected chi connectivity index (χ4v) is 4.66. The van der Waals surface area contributed by atoms with Crippen LogP contribution in [0.2, 0.25) is 0 Å². The van der Waals surface area contributed by atoms with Gasteiger partial charge in [-0.3, -0.25) is 0 Å². The molecule has 0 saturated heterocycles. The molecular formula is C26H30. The average molecular weight is 343 g/mol. The highest BCUT2D eigenvalue weighted by molar-refractivity contribution is 5.56. The molecule has 0 aliphatic heterocycles. The summed E-state index contributed by atoms with van der Waals surface area (Å²) in [6.45, 7) is 15.7. The molecule has 0 aliphatic carbocycles. The molecule has 0 N–H and O–H groups in total. The summed E-state index contributed by atoms with van der Waals surface area (Å²) in [5, 5.41) is 0.